The molecule has 5 heteroatoms. The van der Waals surface area contributed by atoms with Crippen molar-refractivity contribution in [3.05, 3.63) is 65.2 Å². The molecule has 2 aromatic carbocycles. The van der Waals surface area contributed by atoms with Crippen LogP contribution in [0, 0.1) is 0 Å². The number of nitrogens with zero attached hydrogens (tertiary/aromatic N) is 1. The third-order valence-corrected chi connectivity index (χ3v) is 4.13. The Morgan fingerprint density at radius 3 is 2.35 bits per heavy atom. The molecule has 0 saturated carbocycles. The van der Waals surface area contributed by atoms with Crippen LogP contribution in [0.3, 0.4) is 0 Å². The van der Waals surface area contributed by atoms with Gasteiger partial charge in [-0.05, 0) is 35.4 Å². The Kier molecular flexibility index (Phi) is 4.02. The lowest BCUT2D eigenvalue weighted by Gasteiger charge is -2.34. The Morgan fingerprint density at radius 1 is 1.09 bits per heavy atom. The van der Waals surface area contributed by atoms with Gasteiger partial charge in [0.05, 0.1) is 7.11 Å². The summed E-state index contributed by atoms with van der Waals surface area (Å²) in [5.41, 5.74) is 2.43. The number of carboxylic acid groups (broad SMARTS) is 1. The zero-order chi connectivity index (χ0) is 16.4. The van der Waals surface area contributed by atoms with Crippen LogP contribution in [0.4, 0.5) is 0 Å². The second kappa shape index (κ2) is 6.12. The highest BCUT2D eigenvalue weighted by atomic mass is 16.5. The molecular weight excluding hydrogens is 294 g/mol. The van der Waals surface area contributed by atoms with Gasteiger partial charge in [-0.25, -0.2) is 4.79 Å². The summed E-state index contributed by atoms with van der Waals surface area (Å²) in [4.78, 5) is 25.8. The van der Waals surface area contributed by atoms with E-state index in [1.165, 1.54) is 4.90 Å². The minimum Gasteiger partial charge on any atom is -0.497 e. The molecule has 0 spiro atoms. The third kappa shape index (κ3) is 2.90. The van der Waals surface area contributed by atoms with E-state index in [2.05, 4.69) is 0 Å². The van der Waals surface area contributed by atoms with Gasteiger partial charge >= 0.3 is 5.97 Å². The highest BCUT2D eigenvalue weighted by Crippen LogP contribution is 2.25. The van der Waals surface area contributed by atoms with Crippen molar-refractivity contribution >= 4 is 11.9 Å². The molecule has 2 aromatic rings. The maximum Gasteiger partial charge on any atom is 0.326 e. The maximum atomic E-state index is 12.7. The molecule has 5 nitrogen and oxygen atoms in total. The third-order valence-electron chi connectivity index (χ3n) is 4.13. The highest BCUT2D eigenvalue weighted by molar-refractivity contribution is 5.97. The molecule has 0 radical (unpaired) electrons. The summed E-state index contributed by atoms with van der Waals surface area (Å²) in [7, 11) is 1.55. The average molecular weight is 311 g/mol. The van der Waals surface area contributed by atoms with Gasteiger partial charge in [0.2, 0.25) is 0 Å². The Morgan fingerprint density at radius 2 is 1.74 bits per heavy atom. The molecule has 1 amide bonds. The Hall–Kier alpha value is -2.82. The van der Waals surface area contributed by atoms with Gasteiger partial charge in [0.25, 0.3) is 5.91 Å². The summed E-state index contributed by atoms with van der Waals surface area (Å²) < 4.78 is 5.08. The molecule has 1 heterocycles. The molecule has 0 aliphatic carbocycles. The van der Waals surface area contributed by atoms with Crippen molar-refractivity contribution in [1.29, 1.82) is 0 Å². The molecule has 0 saturated heterocycles. The van der Waals surface area contributed by atoms with Crippen molar-refractivity contribution in [2.45, 2.75) is 19.0 Å². The van der Waals surface area contributed by atoms with Gasteiger partial charge in [0, 0.05) is 18.5 Å². The molecule has 0 bridgehead atoms. The van der Waals surface area contributed by atoms with Crippen LogP contribution in [0.15, 0.2) is 48.5 Å². The fourth-order valence-electron chi connectivity index (χ4n) is 2.86. The fourth-order valence-corrected chi connectivity index (χ4v) is 2.86. The van der Waals surface area contributed by atoms with E-state index < -0.39 is 12.0 Å². The van der Waals surface area contributed by atoms with Crippen molar-refractivity contribution in [3.63, 3.8) is 0 Å². The number of benzene rings is 2. The standard InChI is InChI=1S/C18H17NO4/c1-23-15-8-6-12(7-9-15)17(20)19-11-14-5-3-2-4-13(14)10-16(19)18(21)22/h2-9,16H,10-11H2,1H3,(H,21,22)/t16-/m1/s1. The topological polar surface area (TPSA) is 66.8 Å². The van der Waals surface area contributed by atoms with Crippen molar-refractivity contribution in [3.8, 4) is 5.75 Å². The Bertz CT molecular complexity index is 739. The van der Waals surface area contributed by atoms with Gasteiger partial charge < -0.3 is 14.7 Å². The van der Waals surface area contributed by atoms with Crippen LogP contribution >= 0.6 is 0 Å². The van der Waals surface area contributed by atoms with E-state index in [0.717, 1.165) is 11.1 Å². The zero-order valence-corrected chi connectivity index (χ0v) is 12.7. The number of amides is 1. The average Bonchev–Trinajstić information content (AvgIpc) is 2.60. The first-order chi connectivity index (χ1) is 11.1. The SMILES string of the molecule is COc1ccc(C(=O)N2Cc3ccccc3C[C@@H]2C(=O)O)cc1. The number of fused-ring (bicyclic) bond motifs is 1. The molecule has 0 aromatic heterocycles. The second-order valence-corrected chi connectivity index (χ2v) is 5.49. The molecule has 1 atom stereocenters. The number of hydrogen-bond acceptors (Lipinski definition) is 3. The molecule has 0 fully saturated rings. The summed E-state index contributed by atoms with van der Waals surface area (Å²) in [5, 5.41) is 9.50. The summed E-state index contributed by atoms with van der Waals surface area (Å²) in [6.07, 6.45) is 0.327. The lowest BCUT2D eigenvalue weighted by Crippen LogP contribution is -2.48. The predicted molar refractivity (Wildman–Crippen MR) is 84.4 cm³/mol. The Labute approximate surface area is 134 Å². The molecule has 0 unspecified atom stereocenters. The van der Waals surface area contributed by atoms with Gasteiger partial charge in [-0.15, -0.1) is 0 Å². The number of aliphatic carboxylic acids is 1. The van der Waals surface area contributed by atoms with Crippen molar-refractivity contribution in [1.82, 2.24) is 4.90 Å². The van der Waals surface area contributed by atoms with Crippen LogP contribution in [-0.2, 0) is 17.8 Å². The van der Waals surface area contributed by atoms with E-state index in [1.54, 1.807) is 31.4 Å². The van der Waals surface area contributed by atoms with Crippen LogP contribution in [0.2, 0.25) is 0 Å². The molecule has 23 heavy (non-hydrogen) atoms. The van der Waals surface area contributed by atoms with Crippen molar-refractivity contribution < 1.29 is 19.4 Å². The Balaban J connectivity index is 1.92. The molecule has 1 aliphatic heterocycles. The lowest BCUT2D eigenvalue weighted by molar-refractivity contribution is -0.142. The van der Waals surface area contributed by atoms with Crippen LogP contribution in [-0.4, -0.2) is 35.0 Å². The number of carbonyl (C=O) groups excluding carboxylic acids is 1. The van der Waals surface area contributed by atoms with Crippen molar-refractivity contribution in [2.24, 2.45) is 0 Å². The van der Waals surface area contributed by atoms with Crippen molar-refractivity contribution in [2.75, 3.05) is 7.11 Å². The number of carbonyl (C=O) groups is 2. The van der Waals surface area contributed by atoms with Gasteiger partial charge in [0.15, 0.2) is 0 Å². The first-order valence-corrected chi connectivity index (χ1v) is 7.35. The van der Waals surface area contributed by atoms with Gasteiger partial charge in [-0.2, -0.15) is 0 Å². The highest BCUT2D eigenvalue weighted by Gasteiger charge is 2.34. The monoisotopic (exact) mass is 311 g/mol. The molecular formula is C18H17NO4. The summed E-state index contributed by atoms with van der Waals surface area (Å²) in [6, 6.07) is 13.5. The van der Waals surface area contributed by atoms with E-state index in [-0.39, 0.29) is 5.91 Å². The molecule has 118 valence electrons. The summed E-state index contributed by atoms with van der Waals surface area (Å²) in [6.45, 7) is 0.304. The summed E-state index contributed by atoms with van der Waals surface area (Å²) >= 11 is 0. The zero-order valence-electron chi connectivity index (χ0n) is 12.7. The number of ether oxygens (including phenoxy) is 1. The van der Waals surface area contributed by atoms with Gasteiger partial charge in [-0.3, -0.25) is 4.79 Å². The van der Waals surface area contributed by atoms with Crippen LogP contribution < -0.4 is 4.74 Å². The molecule has 1 N–H and O–H groups in total. The minimum atomic E-state index is -0.985. The number of methoxy groups -OCH3 is 1. The van der Waals surface area contributed by atoms with E-state index in [0.29, 0.717) is 24.3 Å². The molecule has 3 rings (SSSR count). The lowest BCUT2D eigenvalue weighted by atomic mass is 9.93. The smallest absolute Gasteiger partial charge is 0.326 e. The predicted octanol–water partition coefficient (Wildman–Crippen LogP) is 2.35. The number of hydrogen-bond donors (Lipinski definition) is 1. The van der Waals surface area contributed by atoms with Crippen LogP contribution in [0.5, 0.6) is 5.75 Å². The van der Waals surface area contributed by atoms with Crippen LogP contribution in [0.1, 0.15) is 21.5 Å². The second-order valence-electron chi connectivity index (χ2n) is 5.49. The molecule has 1 aliphatic rings. The van der Waals surface area contributed by atoms with Crippen LogP contribution in [0.25, 0.3) is 0 Å². The normalized spacial score (nSPS) is 16.6. The quantitative estimate of drug-likeness (QED) is 0.945. The fraction of sp³-hybridized carbons (Fsp3) is 0.222. The first-order valence-electron chi connectivity index (χ1n) is 7.35. The number of rotatable bonds is 3. The van der Waals surface area contributed by atoms with E-state index in [1.807, 2.05) is 24.3 Å². The van der Waals surface area contributed by atoms with Gasteiger partial charge in [0.1, 0.15) is 11.8 Å². The minimum absolute atomic E-state index is 0.283. The summed E-state index contributed by atoms with van der Waals surface area (Å²) in [5.74, 6) is -0.615. The largest absolute Gasteiger partial charge is 0.497 e. The maximum absolute atomic E-state index is 12.7. The van der Waals surface area contributed by atoms with Gasteiger partial charge in [-0.1, -0.05) is 24.3 Å². The first kappa shape index (κ1) is 15.1. The van der Waals surface area contributed by atoms with E-state index >= 15 is 0 Å². The number of carboxylic acids is 1. The van der Waals surface area contributed by atoms with E-state index in [9.17, 15) is 14.7 Å². The van der Waals surface area contributed by atoms with E-state index in [4.69, 9.17) is 4.74 Å².